The number of hydrogen-bond acceptors (Lipinski definition) is 2. The lowest BCUT2D eigenvalue weighted by Crippen LogP contribution is -2.10. The maximum Gasteiger partial charge on any atom is 0.268 e. The van der Waals surface area contributed by atoms with Crippen LogP contribution in [0.15, 0.2) is 11.0 Å². The molecule has 0 radical (unpaired) electrons. The van der Waals surface area contributed by atoms with Crippen molar-refractivity contribution in [2.45, 2.75) is 13.3 Å². The van der Waals surface area contributed by atoms with Gasteiger partial charge < -0.3 is 10.1 Å². The number of alkyl halides is 2. The summed E-state index contributed by atoms with van der Waals surface area (Å²) in [6.07, 6.45) is -1.96. The SMILES string of the molecule is Cc1c(O)c(C(F)F)c[nH]c1=O. The minimum absolute atomic E-state index is 0.0900. The number of aromatic hydroxyl groups is 1. The van der Waals surface area contributed by atoms with Crippen LogP contribution in [0.4, 0.5) is 8.78 Å². The van der Waals surface area contributed by atoms with Crippen LogP contribution >= 0.6 is 0 Å². The summed E-state index contributed by atoms with van der Waals surface area (Å²) in [4.78, 5) is 12.8. The van der Waals surface area contributed by atoms with Crippen LogP contribution in [0.2, 0.25) is 0 Å². The van der Waals surface area contributed by atoms with Gasteiger partial charge in [-0.1, -0.05) is 0 Å². The Hall–Kier alpha value is -1.39. The van der Waals surface area contributed by atoms with Gasteiger partial charge in [-0.15, -0.1) is 0 Å². The van der Waals surface area contributed by atoms with Crippen LogP contribution in [0.1, 0.15) is 17.6 Å². The van der Waals surface area contributed by atoms with Crippen molar-refractivity contribution in [1.82, 2.24) is 4.98 Å². The van der Waals surface area contributed by atoms with Crippen LogP contribution in [0.25, 0.3) is 0 Å². The summed E-state index contributed by atoms with van der Waals surface area (Å²) < 4.78 is 24.1. The third-order valence-electron chi connectivity index (χ3n) is 1.56. The Labute approximate surface area is 66.7 Å². The number of rotatable bonds is 1. The molecule has 3 nitrogen and oxygen atoms in total. The Kier molecular flexibility index (Phi) is 2.12. The molecule has 12 heavy (non-hydrogen) atoms. The molecule has 0 aliphatic carbocycles. The molecule has 0 aliphatic rings. The van der Waals surface area contributed by atoms with Gasteiger partial charge in [0.1, 0.15) is 5.75 Å². The molecule has 0 saturated heterocycles. The Morgan fingerprint density at radius 1 is 1.58 bits per heavy atom. The van der Waals surface area contributed by atoms with Crippen molar-refractivity contribution in [2.75, 3.05) is 0 Å². The second-order valence-electron chi connectivity index (χ2n) is 2.35. The van der Waals surface area contributed by atoms with Crippen LogP contribution in [-0.2, 0) is 0 Å². The summed E-state index contributed by atoms with van der Waals surface area (Å²) in [5, 5.41) is 9.05. The molecule has 0 spiro atoms. The number of hydrogen-bond donors (Lipinski definition) is 2. The summed E-state index contributed by atoms with van der Waals surface area (Å²) in [7, 11) is 0. The Balaban J connectivity index is 3.36. The highest BCUT2D eigenvalue weighted by molar-refractivity contribution is 5.36. The number of pyridine rings is 1. The molecule has 5 heteroatoms. The molecule has 0 saturated carbocycles. The number of nitrogens with one attached hydrogen (secondary N) is 1. The van der Waals surface area contributed by atoms with Gasteiger partial charge >= 0.3 is 0 Å². The highest BCUT2D eigenvalue weighted by Gasteiger charge is 2.15. The Morgan fingerprint density at radius 2 is 2.17 bits per heavy atom. The second kappa shape index (κ2) is 2.92. The topological polar surface area (TPSA) is 53.1 Å². The first-order chi connectivity index (χ1) is 5.54. The maximum absolute atomic E-state index is 12.1. The van der Waals surface area contributed by atoms with E-state index in [2.05, 4.69) is 4.98 Å². The van der Waals surface area contributed by atoms with E-state index in [-0.39, 0.29) is 5.56 Å². The number of H-pyrrole nitrogens is 1. The molecule has 1 aromatic heterocycles. The van der Waals surface area contributed by atoms with E-state index in [1.54, 1.807) is 0 Å². The molecule has 1 rings (SSSR count). The summed E-state index contributed by atoms with van der Waals surface area (Å²) in [5.74, 6) is -0.631. The summed E-state index contributed by atoms with van der Waals surface area (Å²) >= 11 is 0. The van der Waals surface area contributed by atoms with Crippen LogP contribution in [0.5, 0.6) is 5.75 Å². The number of halogens is 2. The molecule has 0 aliphatic heterocycles. The summed E-state index contributed by atoms with van der Waals surface area (Å²) in [6.45, 7) is 1.28. The fraction of sp³-hybridized carbons (Fsp3) is 0.286. The number of aromatic nitrogens is 1. The molecule has 0 atom stereocenters. The molecule has 2 N–H and O–H groups in total. The monoisotopic (exact) mass is 175 g/mol. The average Bonchev–Trinajstić information content (AvgIpc) is 2.00. The first-order valence-electron chi connectivity index (χ1n) is 3.23. The summed E-state index contributed by atoms with van der Waals surface area (Å²) in [5.41, 5.74) is -1.20. The van der Waals surface area contributed by atoms with Crippen molar-refractivity contribution in [3.8, 4) is 5.75 Å². The van der Waals surface area contributed by atoms with Crippen LogP contribution in [0.3, 0.4) is 0 Å². The van der Waals surface area contributed by atoms with Gasteiger partial charge in [-0.2, -0.15) is 0 Å². The first-order valence-corrected chi connectivity index (χ1v) is 3.23. The zero-order valence-electron chi connectivity index (χ0n) is 6.27. The maximum atomic E-state index is 12.1. The molecule has 1 heterocycles. The minimum Gasteiger partial charge on any atom is -0.507 e. The lowest BCUT2D eigenvalue weighted by molar-refractivity contribution is 0.146. The Morgan fingerprint density at radius 3 is 2.67 bits per heavy atom. The van der Waals surface area contributed by atoms with Gasteiger partial charge in [0.05, 0.1) is 11.1 Å². The van der Waals surface area contributed by atoms with E-state index in [9.17, 15) is 13.6 Å². The smallest absolute Gasteiger partial charge is 0.268 e. The van der Waals surface area contributed by atoms with Crippen molar-refractivity contribution in [3.63, 3.8) is 0 Å². The lowest BCUT2D eigenvalue weighted by Gasteiger charge is -2.03. The number of aromatic amines is 1. The van der Waals surface area contributed by atoms with Gasteiger partial charge in [-0.25, -0.2) is 8.78 Å². The largest absolute Gasteiger partial charge is 0.507 e. The van der Waals surface area contributed by atoms with Gasteiger partial charge in [0.15, 0.2) is 0 Å². The fourth-order valence-electron chi connectivity index (χ4n) is 0.810. The van der Waals surface area contributed by atoms with E-state index in [0.29, 0.717) is 0 Å². The van der Waals surface area contributed by atoms with Crippen molar-refractivity contribution >= 4 is 0 Å². The highest BCUT2D eigenvalue weighted by atomic mass is 19.3. The molecule has 1 aromatic rings. The van der Waals surface area contributed by atoms with Crippen molar-refractivity contribution in [3.05, 3.63) is 27.7 Å². The molecule has 0 fully saturated rings. The second-order valence-corrected chi connectivity index (χ2v) is 2.35. The van der Waals surface area contributed by atoms with Crippen molar-refractivity contribution < 1.29 is 13.9 Å². The van der Waals surface area contributed by atoms with E-state index in [1.807, 2.05) is 0 Å². The zero-order valence-corrected chi connectivity index (χ0v) is 6.27. The molecule has 0 amide bonds. The standard InChI is InChI=1S/C7H7F2NO2/c1-3-5(11)4(6(8)9)2-10-7(3)12/h2,6H,1H3,(H2,10,11,12). The van der Waals surface area contributed by atoms with E-state index < -0.39 is 23.3 Å². The predicted molar refractivity (Wildman–Crippen MR) is 38.4 cm³/mol. The summed E-state index contributed by atoms with van der Waals surface area (Å²) in [6, 6.07) is 0. The predicted octanol–water partition coefficient (Wildman–Crippen LogP) is 1.33. The molecule has 0 bridgehead atoms. The van der Waals surface area contributed by atoms with Crippen LogP contribution in [-0.4, -0.2) is 10.1 Å². The molecule has 0 aromatic carbocycles. The van der Waals surface area contributed by atoms with Crippen LogP contribution in [0, 0.1) is 6.92 Å². The van der Waals surface area contributed by atoms with Crippen molar-refractivity contribution in [2.24, 2.45) is 0 Å². The van der Waals surface area contributed by atoms with Crippen molar-refractivity contribution in [1.29, 1.82) is 0 Å². The zero-order chi connectivity index (χ0) is 9.30. The van der Waals surface area contributed by atoms with E-state index in [0.717, 1.165) is 6.20 Å². The van der Waals surface area contributed by atoms with Crippen LogP contribution < -0.4 is 5.56 Å². The van der Waals surface area contributed by atoms with E-state index >= 15 is 0 Å². The quantitative estimate of drug-likeness (QED) is 0.676. The van der Waals surface area contributed by atoms with Gasteiger partial charge in [0, 0.05) is 6.20 Å². The van der Waals surface area contributed by atoms with Gasteiger partial charge in [-0.05, 0) is 6.92 Å². The molecular weight excluding hydrogens is 168 g/mol. The van der Waals surface area contributed by atoms with Gasteiger partial charge in [-0.3, -0.25) is 4.79 Å². The average molecular weight is 175 g/mol. The first kappa shape index (κ1) is 8.70. The van der Waals surface area contributed by atoms with E-state index in [1.165, 1.54) is 6.92 Å². The molecule has 66 valence electrons. The van der Waals surface area contributed by atoms with E-state index in [4.69, 9.17) is 5.11 Å². The third-order valence-corrected chi connectivity index (χ3v) is 1.56. The molecule has 0 unspecified atom stereocenters. The lowest BCUT2D eigenvalue weighted by atomic mass is 10.2. The molecular formula is C7H7F2NO2. The third kappa shape index (κ3) is 1.30. The highest BCUT2D eigenvalue weighted by Crippen LogP contribution is 2.27. The fourth-order valence-corrected chi connectivity index (χ4v) is 0.810. The minimum atomic E-state index is -2.78. The normalized spacial score (nSPS) is 10.7. The van der Waals surface area contributed by atoms with Gasteiger partial charge in [0.2, 0.25) is 0 Å². The van der Waals surface area contributed by atoms with Gasteiger partial charge in [0.25, 0.3) is 12.0 Å². The Bertz CT molecular complexity index is 346.